The van der Waals surface area contributed by atoms with Crippen molar-refractivity contribution in [3.8, 4) is 0 Å². The number of nitrogens with one attached hydrogen (secondary N) is 2. The maximum Gasteiger partial charge on any atom is 0.244 e. The Bertz CT molecular complexity index is 682. The standard InChI is InChI=1S/C12H16N4O2S2/c1-9-8-19-11(16-9)5-7-15-20(17,18)10-4-3-6-14-12(10)13-2/h3-4,6,8,15H,5,7H2,1-2H3,(H,13,14). The maximum absolute atomic E-state index is 12.2. The van der Waals surface area contributed by atoms with Crippen LogP contribution in [0, 0.1) is 6.92 Å². The quantitative estimate of drug-likeness (QED) is 0.842. The normalized spacial score (nSPS) is 11.5. The van der Waals surface area contributed by atoms with Gasteiger partial charge in [0.1, 0.15) is 10.7 Å². The lowest BCUT2D eigenvalue weighted by molar-refractivity contribution is 0.581. The van der Waals surface area contributed by atoms with E-state index in [4.69, 9.17) is 0 Å². The molecule has 20 heavy (non-hydrogen) atoms. The molecule has 2 aromatic heterocycles. The summed E-state index contributed by atoms with van der Waals surface area (Å²) in [5, 5.41) is 5.64. The number of anilines is 1. The predicted octanol–water partition coefficient (Wildman–Crippen LogP) is 1.41. The lowest BCUT2D eigenvalue weighted by atomic mass is 10.4. The second-order valence-corrected chi connectivity index (χ2v) is 6.81. The molecule has 0 atom stereocenters. The van der Waals surface area contributed by atoms with Crippen LogP contribution >= 0.6 is 11.3 Å². The third-order valence-corrected chi connectivity index (χ3v) is 5.11. The number of aryl methyl sites for hydroxylation is 1. The molecule has 2 rings (SSSR count). The van der Waals surface area contributed by atoms with E-state index in [1.54, 1.807) is 19.3 Å². The largest absolute Gasteiger partial charge is 0.372 e. The highest BCUT2D eigenvalue weighted by Gasteiger charge is 2.18. The highest BCUT2D eigenvalue weighted by Crippen LogP contribution is 2.17. The monoisotopic (exact) mass is 312 g/mol. The Labute approximate surface area is 122 Å². The summed E-state index contributed by atoms with van der Waals surface area (Å²) in [5.74, 6) is 0.338. The van der Waals surface area contributed by atoms with Crippen LogP contribution in [0.3, 0.4) is 0 Å². The molecule has 0 unspecified atom stereocenters. The van der Waals surface area contributed by atoms with Gasteiger partial charge in [-0.05, 0) is 19.1 Å². The Hall–Kier alpha value is -1.51. The molecule has 0 radical (unpaired) electrons. The van der Waals surface area contributed by atoms with Gasteiger partial charge in [-0.15, -0.1) is 11.3 Å². The topological polar surface area (TPSA) is 84.0 Å². The second kappa shape index (κ2) is 6.29. The molecule has 0 saturated heterocycles. The average molecular weight is 312 g/mol. The van der Waals surface area contributed by atoms with E-state index in [0.717, 1.165) is 10.7 Å². The molecule has 8 heteroatoms. The molecular formula is C12H16N4O2S2. The van der Waals surface area contributed by atoms with Gasteiger partial charge in [-0.1, -0.05) is 0 Å². The Morgan fingerprint density at radius 2 is 2.20 bits per heavy atom. The van der Waals surface area contributed by atoms with Crippen LogP contribution in [-0.4, -0.2) is 32.0 Å². The average Bonchev–Trinajstić information content (AvgIpc) is 2.84. The molecule has 0 saturated carbocycles. The number of hydrogen-bond donors (Lipinski definition) is 2. The Morgan fingerprint density at radius 3 is 2.85 bits per heavy atom. The highest BCUT2D eigenvalue weighted by molar-refractivity contribution is 7.89. The first-order chi connectivity index (χ1) is 9.53. The summed E-state index contributed by atoms with van der Waals surface area (Å²) >= 11 is 1.53. The summed E-state index contributed by atoms with van der Waals surface area (Å²) < 4.78 is 27.0. The third kappa shape index (κ3) is 3.53. The number of nitrogens with zero attached hydrogens (tertiary/aromatic N) is 2. The zero-order valence-electron chi connectivity index (χ0n) is 11.3. The summed E-state index contributed by atoms with van der Waals surface area (Å²) in [6.07, 6.45) is 2.12. The summed E-state index contributed by atoms with van der Waals surface area (Å²) in [4.78, 5) is 8.44. The molecule has 2 N–H and O–H groups in total. The van der Waals surface area contributed by atoms with Gasteiger partial charge >= 0.3 is 0 Å². The van der Waals surface area contributed by atoms with E-state index in [2.05, 4.69) is 20.0 Å². The van der Waals surface area contributed by atoms with Gasteiger partial charge in [0.2, 0.25) is 10.0 Å². The van der Waals surface area contributed by atoms with E-state index in [0.29, 0.717) is 18.8 Å². The first-order valence-corrected chi connectivity index (χ1v) is 8.42. The van der Waals surface area contributed by atoms with Gasteiger partial charge in [0, 0.05) is 37.3 Å². The molecule has 2 heterocycles. The van der Waals surface area contributed by atoms with Crippen LogP contribution in [0.15, 0.2) is 28.6 Å². The van der Waals surface area contributed by atoms with Gasteiger partial charge in [-0.2, -0.15) is 0 Å². The van der Waals surface area contributed by atoms with E-state index in [1.165, 1.54) is 17.4 Å². The van der Waals surface area contributed by atoms with E-state index < -0.39 is 10.0 Å². The minimum atomic E-state index is -3.56. The zero-order valence-corrected chi connectivity index (χ0v) is 12.9. The SMILES string of the molecule is CNc1ncccc1S(=O)(=O)NCCc1nc(C)cs1. The minimum Gasteiger partial charge on any atom is -0.372 e. The highest BCUT2D eigenvalue weighted by atomic mass is 32.2. The first kappa shape index (κ1) is 14.9. The summed E-state index contributed by atoms with van der Waals surface area (Å²) in [5.41, 5.74) is 0.956. The summed E-state index contributed by atoms with van der Waals surface area (Å²) in [7, 11) is -1.93. The van der Waals surface area contributed by atoms with Gasteiger partial charge < -0.3 is 5.32 Å². The molecule has 0 bridgehead atoms. The number of rotatable bonds is 6. The fourth-order valence-corrected chi connectivity index (χ4v) is 3.65. The second-order valence-electron chi connectivity index (χ2n) is 4.13. The van der Waals surface area contributed by atoms with Crippen LogP contribution in [0.4, 0.5) is 5.82 Å². The fourth-order valence-electron chi connectivity index (χ4n) is 1.68. The van der Waals surface area contributed by atoms with Crippen molar-refractivity contribution < 1.29 is 8.42 Å². The van der Waals surface area contributed by atoms with Crippen molar-refractivity contribution in [1.29, 1.82) is 0 Å². The van der Waals surface area contributed by atoms with Crippen LogP contribution in [0.25, 0.3) is 0 Å². The molecule has 0 aliphatic carbocycles. The van der Waals surface area contributed by atoms with Crippen LogP contribution < -0.4 is 10.0 Å². The number of hydrogen-bond acceptors (Lipinski definition) is 6. The van der Waals surface area contributed by atoms with E-state index in [-0.39, 0.29) is 4.90 Å². The van der Waals surface area contributed by atoms with Crippen molar-refractivity contribution in [2.45, 2.75) is 18.2 Å². The Balaban J connectivity index is 2.04. The van der Waals surface area contributed by atoms with Crippen LogP contribution in [0.2, 0.25) is 0 Å². The summed E-state index contributed by atoms with van der Waals surface area (Å²) in [6.45, 7) is 2.23. The molecular weight excluding hydrogens is 296 g/mol. The van der Waals surface area contributed by atoms with Crippen LogP contribution in [-0.2, 0) is 16.4 Å². The molecule has 0 aromatic carbocycles. The molecule has 0 aliphatic heterocycles. The van der Waals surface area contributed by atoms with E-state index in [9.17, 15) is 8.42 Å². The molecule has 108 valence electrons. The molecule has 0 amide bonds. The Kier molecular flexibility index (Phi) is 4.69. The van der Waals surface area contributed by atoms with Gasteiger partial charge in [0.25, 0.3) is 0 Å². The van der Waals surface area contributed by atoms with Crippen molar-refractivity contribution in [2.75, 3.05) is 18.9 Å². The van der Waals surface area contributed by atoms with Gasteiger partial charge in [-0.25, -0.2) is 23.1 Å². The van der Waals surface area contributed by atoms with Crippen molar-refractivity contribution in [1.82, 2.24) is 14.7 Å². The smallest absolute Gasteiger partial charge is 0.244 e. The summed E-state index contributed by atoms with van der Waals surface area (Å²) in [6, 6.07) is 3.12. The van der Waals surface area contributed by atoms with E-state index >= 15 is 0 Å². The lowest BCUT2D eigenvalue weighted by Crippen LogP contribution is -2.26. The first-order valence-electron chi connectivity index (χ1n) is 6.06. The van der Waals surface area contributed by atoms with Crippen molar-refractivity contribution in [3.05, 3.63) is 34.4 Å². The molecule has 2 aromatic rings. The molecule has 6 nitrogen and oxygen atoms in total. The third-order valence-electron chi connectivity index (χ3n) is 2.59. The number of sulfonamides is 1. The van der Waals surface area contributed by atoms with Crippen molar-refractivity contribution in [3.63, 3.8) is 0 Å². The zero-order chi connectivity index (χ0) is 14.6. The number of thiazole rings is 1. The Morgan fingerprint density at radius 1 is 1.40 bits per heavy atom. The van der Waals surface area contributed by atoms with Crippen LogP contribution in [0.1, 0.15) is 10.7 Å². The lowest BCUT2D eigenvalue weighted by Gasteiger charge is -2.09. The fraction of sp³-hybridized carbons (Fsp3) is 0.333. The van der Waals surface area contributed by atoms with Crippen LogP contribution in [0.5, 0.6) is 0 Å². The van der Waals surface area contributed by atoms with E-state index in [1.807, 2.05) is 12.3 Å². The molecule has 0 aliphatic rings. The van der Waals surface area contributed by atoms with Crippen molar-refractivity contribution in [2.24, 2.45) is 0 Å². The van der Waals surface area contributed by atoms with Gasteiger partial charge in [-0.3, -0.25) is 0 Å². The maximum atomic E-state index is 12.2. The molecule has 0 fully saturated rings. The van der Waals surface area contributed by atoms with Crippen molar-refractivity contribution >= 4 is 27.2 Å². The van der Waals surface area contributed by atoms with Gasteiger partial charge in [0.15, 0.2) is 0 Å². The predicted molar refractivity (Wildman–Crippen MR) is 79.5 cm³/mol. The number of aromatic nitrogens is 2. The van der Waals surface area contributed by atoms with Gasteiger partial charge in [0.05, 0.1) is 5.01 Å². The number of pyridine rings is 1. The molecule has 0 spiro atoms. The minimum absolute atomic E-state index is 0.151.